The van der Waals surface area contributed by atoms with Crippen LogP contribution in [-0.2, 0) is 9.53 Å². The highest BCUT2D eigenvalue weighted by molar-refractivity contribution is 5.99. The molecule has 0 bridgehead atoms. The third kappa shape index (κ3) is 11.9. The third-order valence-corrected chi connectivity index (χ3v) is 8.75. The maximum absolute atomic E-state index is 14.2. The maximum atomic E-state index is 14.2. The average Bonchev–Trinajstić information content (AvgIpc) is 3.01. The first kappa shape index (κ1) is 37.4. The molecule has 3 N–H and O–H groups in total. The first-order valence-corrected chi connectivity index (χ1v) is 16.5. The Labute approximate surface area is 270 Å². The summed E-state index contributed by atoms with van der Waals surface area (Å²) in [4.78, 5) is 42.3. The fourth-order valence-electron chi connectivity index (χ4n) is 5.87. The molecule has 1 aromatic rings. The van der Waals surface area contributed by atoms with E-state index in [0.29, 0.717) is 30.9 Å². The van der Waals surface area contributed by atoms with E-state index in [2.05, 4.69) is 10.6 Å². The number of rotatable bonds is 8. The number of carbonyl (C=O) groups is 3. The number of halogens is 3. The summed E-state index contributed by atoms with van der Waals surface area (Å²) in [6, 6.07) is 4.10. The van der Waals surface area contributed by atoms with Crippen LogP contribution in [0.4, 0.5) is 23.7 Å². The molecule has 1 aromatic carbocycles. The average molecular weight is 657 g/mol. The molecule has 46 heavy (non-hydrogen) atoms. The van der Waals surface area contributed by atoms with Crippen LogP contribution in [0.3, 0.4) is 0 Å². The van der Waals surface area contributed by atoms with Crippen molar-refractivity contribution in [3.05, 3.63) is 23.8 Å². The fourth-order valence-corrected chi connectivity index (χ4v) is 5.87. The molecule has 4 amide bonds. The summed E-state index contributed by atoms with van der Waals surface area (Å²) in [5.41, 5.74) is 0.645. The Morgan fingerprint density at radius 2 is 1.80 bits per heavy atom. The third-order valence-electron chi connectivity index (χ3n) is 8.75. The second-order valence-corrected chi connectivity index (χ2v) is 12.8. The summed E-state index contributed by atoms with van der Waals surface area (Å²) in [6.45, 7) is 5.68. The first-order valence-electron chi connectivity index (χ1n) is 16.5. The van der Waals surface area contributed by atoms with Crippen molar-refractivity contribution >= 4 is 23.5 Å². The number of amides is 4. The molecule has 2 aliphatic rings. The Morgan fingerprint density at radius 1 is 1.11 bits per heavy atom. The van der Waals surface area contributed by atoms with Crippen molar-refractivity contribution in [3.63, 3.8) is 0 Å². The van der Waals surface area contributed by atoms with Crippen LogP contribution >= 0.6 is 0 Å². The van der Waals surface area contributed by atoms with Gasteiger partial charge in [0.15, 0.2) is 0 Å². The highest BCUT2D eigenvalue weighted by Crippen LogP contribution is 2.29. The van der Waals surface area contributed by atoms with Gasteiger partial charge in [-0.15, -0.1) is 0 Å². The van der Waals surface area contributed by atoms with Crippen LogP contribution in [0.1, 0.15) is 95.3 Å². The van der Waals surface area contributed by atoms with Crippen LogP contribution in [0.2, 0.25) is 0 Å². The van der Waals surface area contributed by atoms with E-state index < -0.39 is 43.0 Å². The van der Waals surface area contributed by atoms with Crippen molar-refractivity contribution in [2.45, 2.75) is 115 Å². The number of carbonyl (C=O) groups excluding carboxylic acids is 3. The number of nitrogens with one attached hydrogen (secondary N) is 2. The highest BCUT2D eigenvalue weighted by Gasteiger charge is 2.32. The van der Waals surface area contributed by atoms with Crippen molar-refractivity contribution in [1.82, 2.24) is 15.1 Å². The largest absolute Gasteiger partial charge is 0.490 e. The van der Waals surface area contributed by atoms with Crippen molar-refractivity contribution in [3.8, 4) is 5.75 Å². The van der Waals surface area contributed by atoms with Gasteiger partial charge in [0, 0.05) is 50.8 Å². The molecule has 10 nitrogen and oxygen atoms in total. The van der Waals surface area contributed by atoms with E-state index in [9.17, 15) is 32.7 Å². The number of anilines is 1. The molecular formula is C33H51F3N4O6. The van der Waals surface area contributed by atoms with Gasteiger partial charge in [-0.3, -0.25) is 9.59 Å². The lowest BCUT2D eigenvalue weighted by atomic mass is 9.96. The van der Waals surface area contributed by atoms with Crippen LogP contribution in [0.5, 0.6) is 5.75 Å². The number of ether oxygens (including phenoxy) is 2. The molecule has 1 aliphatic heterocycles. The normalized spacial score (nSPS) is 23.0. The van der Waals surface area contributed by atoms with Crippen molar-refractivity contribution in [2.75, 3.05) is 38.7 Å². The van der Waals surface area contributed by atoms with Crippen molar-refractivity contribution < 1.29 is 42.1 Å². The van der Waals surface area contributed by atoms with Gasteiger partial charge in [0.05, 0.1) is 36.8 Å². The summed E-state index contributed by atoms with van der Waals surface area (Å²) in [5, 5.41) is 16.0. The van der Waals surface area contributed by atoms with E-state index >= 15 is 0 Å². The zero-order valence-corrected chi connectivity index (χ0v) is 27.5. The SMILES string of the molecule is C[C@H]1CCCCO[C@@H](CN(C)C(=O)CCC(F)(F)F)[C@@H](C)CN([C@@H](C)CO)C(=O)c2cc(NC(=O)NC3CCCCC3)ccc2O1. The lowest BCUT2D eigenvalue weighted by Crippen LogP contribution is -2.48. The molecule has 0 radical (unpaired) electrons. The monoisotopic (exact) mass is 656 g/mol. The van der Waals surface area contributed by atoms with Crippen LogP contribution < -0.4 is 15.4 Å². The molecule has 0 spiro atoms. The van der Waals surface area contributed by atoms with E-state index in [1.807, 2.05) is 13.8 Å². The molecular weight excluding hydrogens is 605 g/mol. The second-order valence-electron chi connectivity index (χ2n) is 12.8. The molecule has 13 heteroatoms. The van der Waals surface area contributed by atoms with Crippen LogP contribution in [0.15, 0.2) is 18.2 Å². The van der Waals surface area contributed by atoms with Gasteiger partial charge < -0.3 is 35.0 Å². The van der Waals surface area contributed by atoms with Gasteiger partial charge in [0.1, 0.15) is 5.75 Å². The molecule has 3 rings (SSSR count). The fraction of sp³-hybridized carbons (Fsp3) is 0.727. The molecule has 1 saturated carbocycles. The zero-order chi connectivity index (χ0) is 33.9. The number of fused-ring (bicyclic) bond motifs is 1. The molecule has 1 heterocycles. The van der Waals surface area contributed by atoms with Gasteiger partial charge in [-0.1, -0.05) is 26.2 Å². The Kier molecular flexibility index (Phi) is 14.4. The van der Waals surface area contributed by atoms with E-state index in [1.165, 1.54) is 16.8 Å². The molecule has 0 unspecified atom stereocenters. The van der Waals surface area contributed by atoms with Gasteiger partial charge in [-0.2, -0.15) is 13.2 Å². The predicted octanol–water partition coefficient (Wildman–Crippen LogP) is 5.74. The smallest absolute Gasteiger partial charge is 0.389 e. The number of hydrogen-bond donors (Lipinski definition) is 3. The number of aliphatic hydroxyl groups is 1. The molecule has 1 aliphatic carbocycles. The number of hydrogen-bond acceptors (Lipinski definition) is 6. The summed E-state index contributed by atoms with van der Waals surface area (Å²) < 4.78 is 50.6. The second kappa shape index (κ2) is 17.7. The highest BCUT2D eigenvalue weighted by atomic mass is 19.4. The van der Waals surface area contributed by atoms with Gasteiger partial charge in [0.2, 0.25) is 5.91 Å². The zero-order valence-electron chi connectivity index (χ0n) is 27.5. The van der Waals surface area contributed by atoms with Crippen LogP contribution in [-0.4, -0.2) is 96.6 Å². The summed E-state index contributed by atoms with van der Waals surface area (Å²) in [6.07, 6.45) is 0.193. The Hall–Kier alpha value is -3.06. The van der Waals surface area contributed by atoms with E-state index in [1.54, 1.807) is 25.1 Å². The number of nitrogens with zero attached hydrogens (tertiary/aromatic N) is 2. The van der Waals surface area contributed by atoms with Gasteiger partial charge in [-0.05, 0) is 64.2 Å². The Bertz CT molecular complexity index is 1150. The van der Waals surface area contributed by atoms with Crippen LogP contribution in [0, 0.1) is 5.92 Å². The molecule has 1 fully saturated rings. The first-order chi connectivity index (χ1) is 21.8. The minimum atomic E-state index is -4.43. The van der Waals surface area contributed by atoms with Crippen LogP contribution in [0.25, 0.3) is 0 Å². The van der Waals surface area contributed by atoms with Gasteiger partial charge >= 0.3 is 12.2 Å². The minimum absolute atomic E-state index is 0.0493. The van der Waals surface area contributed by atoms with Gasteiger partial charge in [-0.25, -0.2) is 4.79 Å². The minimum Gasteiger partial charge on any atom is -0.490 e. The Balaban J connectivity index is 1.86. The van der Waals surface area contributed by atoms with E-state index in [4.69, 9.17) is 9.47 Å². The summed E-state index contributed by atoms with van der Waals surface area (Å²) in [5.74, 6) is -1.06. The lowest BCUT2D eigenvalue weighted by Gasteiger charge is -2.36. The molecule has 0 saturated heterocycles. The molecule has 0 aromatic heterocycles. The van der Waals surface area contributed by atoms with Crippen molar-refractivity contribution in [1.29, 1.82) is 0 Å². The lowest BCUT2D eigenvalue weighted by molar-refractivity contribution is -0.149. The number of urea groups is 1. The van der Waals surface area contributed by atoms with Crippen molar-refractivity contribution in [2.24, 2.45) is 5.92 Å². The quantitative estimate of drug-likeness (QED) is 0.329. The number of benzene rings is 1. The summed E-state index contributed by atoms with van der Waals surface area (Å²) in [7, 11) is 1.45. The standard InChI is InChI=1S/C33H51F3N4O6/c1-22-19-40(23(2)21-41)31(43)27-18-26(38-32(44)37-25-11-6-5-7-12-25)13-14-28(27)46-24(3)10-8-9-17-45-29(22)20-39(4)30(42)15-16-33(34,35)36/h13-14,18,22-25,29,41H,5-12,15-17,19-21H2,1-4H3,(H2,37,38,44)/t22-,23-,24-,29-/m0/s1. The maximum Gasteiger partial charge on any atom is 0.389 e. The number of alkyl halides is 3. The van der Waals surface area contributed by atoms with Gasteiger partial charge in [0.25, 0.3) is 5.91 Å². The Morgan fingerprint density at radius 3 is 2.48 bits per heavy atom. The topological polar surface area (TPSA) is 120 Å². The summed E-state index contributed by atoms with van der Waals surface area (Å²) >= 11 is 0. The van der Waals surface area contributed by atoms with E-state index in [-0.39, 0.29) is 49.4 Å². The number of aliphatic hydroxyl groups excluding tert-OH is 1. The van der Waals surface area contributed by atoms with E-state index in [0.717, 1.165) is 38.5 Å². The molecule has 260 valence electrons. The number of likely N-dealkylation sites (N-methyl/N-ethyl adjacent to an activating group) is 1. The predicted molar refractivity (Wildman–Crippen MR) is 169 cm³/mol. The molecule has 4 atom stereocenters.